The first kappa shape index (κ1) is 84.9. The van der Waals surface area contributed by atoms with E-state index < -0.39 is 124 Å². The number of aliphatic hydroxyl groups excluding tert-OH is 11. The number of aliphatic hydroxyl groups is 11. The number of hydrogen-bond donors (Lipinski definition) is 12. The number of carbonyl (C=O) groups excluding carboxylic acids is 1. The summed E-state index contributed by atoms with van der Waals surface area (Å²) >= 11 is 0. The van der Waals surface area contributed by atoms with E-state index in [4.69, 9.17) is 28.4 Å². The lowest BCUT2D eigenvalue weighted by Gasteiger charge is -2.48. The summed E-state index contributed by atoms with van der Waals surface area (Å²) in [6.45, 7) is 1.53. The second-order valence-corrected chi connectivity index (χ2v) is 24.6. The van der Waals surface area contributed by atoms with Gasteiger partial charge in [-0.05, 0) is 103 Å². The number of rotatable bonds is 52. The molecule has 19 nitrogen and oxygen atoms in total. The number of nitrogens with one attached hydrogen (secondary N) is 1. The van der Waals surface area contributed by atoms with Crippen molar-refractivity contribution in [2.45, 2.75) is 298 Å². The van der Waals surface area contributed by atoms with Gasteiger partial charge in [0.25, 0.3) is 0 Å². The first-order chi connectivity index (χ1) is 46.3. The molecular formula is C76H123NO18. The van der Waals surface area contributed by atoms with E-state index in [-0.39, 0.29) is 18.9 Å². The summed E-state index contributed by atoms with van der Waals surface area (Å²) in [5.41, 5.74) is 0. The van der Waals surface area contributed by atoms with Crippen LogP contribution in [0, 0.1) is 0 Å². The zero-order valence-electron chi connectivity index (χ0n) is 57.1. The third-order valence-electron chi connectivity index (χ3n) is 16.6. The van der Waals surface area contributed by atoms with Crippen molar-refractivity contribution in [3.05, 3.63) is 146 Å². The van der Waals surface area contributed by atoms with E-state index in [0.29, 0.717) is 6.42 Å². The van der Waals surface area contributed by atoms with E-state index in [9.17, 15) is 61.0 Å². The minimum absolute atomic E-state index is 0.220. The Morgan fingerprint density at radius 3 is 1.14 bits per heavy atom. The van der Waals surface area contributed by atoms with Crippen molar-refractivity contribution in [2.75, 3.05) is 26.4 Å². The van der Waals surface area contributed by atoms with Gasteiger partial charge < -0.3 is 89.9 Å². The molecule has 3 rings (SSSR count). The zero-order valence-corrected chi connectivity index (χ0v) is 57.1. The Hall–Kier alpha value is -4.33. The Bertz CT molecular complexity index is 2290. The second-order valence-electron chi connectivity index (χ2n) is 24.6. The molecule has 0 spiro atoms. The molecule has 17 unspecified atom stereocenters. The summed E-state index contributed by atoms with van der Waals surface area (Å²) in [5, 5.41) is 120. The molecule has 3 aliphatic heterocycles. The number of unbranched alkanes of at least 4 members (excludes halogenated alkanes) is 14. The van der Waals surface area contributed by atoms with Crippen LogP contribution in [0.2, 0.25) is 0 Å². The monoisotopic (exact) mass is 1340 g/mol. The number of allylic oxidation sites excluding steroid dienone is 23. The average Bonchev–Trinajstić information content (AvgIpc) is 0.797. The molecule has 0 aromatic heterocycles. The van der Waals surface area contributed by atoms with Crippen molar-refractivity contribution in [3.63, 3.8) is 0 Å². The quantitative estimate of drug-likeness (QED) is 0.0199. The Morgan fingerprint density at radius 2 is 0.726 bits per heavy atom. The predicted octanol–water partition coefficient (Wildman–Crippen LogP) is 9.93. The molecule has 3 aliphatic rings. The van der Waals surface area contributed by atoms with Crippen LogP contribution in [0.25, 0.3) is 0 Å². The largest absolute Gasteiger partial charge is 0.394 e. The fourth-order valence-electron chi connectivity index (χ4n) is 10.9. The van der Waals surface area contributed by atoms with Gasteiger partial charge in [-0.2, -0.15) is 0 Å². The Kier molecular flexibility index (Phi) is 49.6. The molecule has 0 radical (unpaired) electrons. The Balaban J connectivity index is 1.31. The molecule has 0 aromatic rings. The molecule has 0 saturated carbocycles. The van der Waals surface area contributed by atoms with Crippen LogP contribution in [0.3, 0.4) is 0 Å². The average molecular weight is 1340 g/mol. The van der Waals surface area contributed by atoms with Crippen molar-refractivity contribution in [2.24, 2.45) is 0 Å². The van der Waals surface area contributed by atoms with Crippen LogP contribution in [-0.2, 0) is 33.2 Å². The summed E-state index contributed by atoms with van der Waals surface area (Å²) < 4.78 is 34.2. The topological polar surface area (TPSA) is 307 Å². The molecule has 17 atom stereocenters. The maximum atomic E-state index is 13.3. The molecule has 3 saturated heterocycles. The Morgan fingerprint density at radius 1 is 0.389 bits per heavy atom. The van der Waals surface area contributed by atoms with Crippen LogP contribution in [0.4, 0.5) is 0 Å². The molecule has 0 aliphatic carbocycles. The Labute approximate surface area is 568 Å². The van der Waals surface area contributed by atoms with Crippen LogP contribution in [0.5, 0.6) is 0 Å². The summed E-state index contributed by atoms with van der Waals surface area (Å²) in [7, 11) is 0. The van der Waals surface area contributed by atoms with Crippen LogP contribution in [-0.4, -0.2) is 193 Å². The maximum Gasteiger partial charge on any atom is 0.220 e. The SMILES string of the molecule is CC/C=C\C/C=C\C/C=C\C/C=C\C/C=C\C/C=C\C/C=C\C/C=C\C/C=C\C/C=C\C/C=C\CCCCCCCCCC(=O)NC(COC1OC(CO)C(OC2OC(CO)C(OC3OC(CO)C(O)C(O)C3O)C(O)C2O)C(O)C1O)C(O)/C=C/CCCCCCCCC. The summed E-state index contributed by atoms with van der Waals surface area (Å²) in [5.74, 6) is -0.297. The smallest absolute Gasteiger partial charge is 0.220 e. The molecular weight excluding hydrogens is 1210 g/mol. The molecule has 0 aromatic carbocycles. The summed E-state index contributed by atoms with van der Waals surface area (Å²) in [6.07, 6.45) is 52.9. The van der Waals surface area contributed by atoms with E-state index in [1.807, 2.05) is 6.08 Å². The van der Waals surface area contributed by atoms with Gasteiger partial charge in [0.15, 0.2) is 18.9 Å². The van der Waals surface area contributed by atoms with Gasteiger partial charge in [-0.15, -0.1) is 0 Å². The summed E-state index contributed by atoms with van der Waals surface area (Å²) in [4.78, 5) is 13.3. The molecule has 3 fully saturated rings. The normalized spacial score (nSPS) is 28.1. The highest BCUT2D eigenvalue weighted by molar-refractivity contribution is 5.76. The van der Waals surface area contributed by atoms with E-state index >= 15 is 0 Å². The van der Waals surface area contributed by atoms with Gasteiger partial charge in [-0.1, -0.05) is 230 Å². The van der Waals surface area contributed by atoms with Gasteiger partial charge in [0, 0.05) is 6.42 Å². The van der Waals surface area contributed by atoms with Crippen LogP contribution in [0.15, 0.2) is 146 Å². The molecule has 540 valence electrons. The molecule has 19 heteroatoms. The number of hydrogen-bond acceptors (Lipinski definition) is 18. The van der Waals surface area contributed by atoms with E-state index in [2.05, 4.69) is 153 Å². The maximum absolute atomic E-state index is 13.3. The van der Waals surface area contributed by atoms with Crippen molar-refractivity contribution in [1.29, 1.82) is 0 Å². The van der Waals surface area contributed by atoms with Gasteiger partial charge in [0.1, 0.15) is 73.2 Å². The molecule has 12 N–H and O–H groups in total. The molecule has 0 bridgehead atoms. The van der Waals surface area contributed by atoms with Gasteiger partial charge in [-0.25, -0.2) is 0 Å². The van der Waals surface area contributed by atoms with Crippen molar-refractivity contribution in [3.8, 4) is 0 Å². The fourth-order valence-corrected chi connectivity index (χ4v) is 10.9. The molecule has 1 amide bonds. The van der Waals surface area contributed by atoms with Gasteiger partial charge in [0.2, 0.25) is 5.91 Å². The van der Waals surface area contributed by atoms with Gasteiger partial charge in [-0.3, -0.25) is 4.79 Å². The zero-order chi connectivity index (χ0) is 68.9. The van der Waals surface area contributed by atoms with Crippen LogP contribution < -0.4 is 5.32 Å². The van der Waals surface area contributed by atoms with Crippen LogP contribution in [0.1, 0.15) is 194 Å². The minimum atomic E-state index is -1.98. The lowest BCUT2D eigenvalue weighted by molar-refractivity contribution is -0.379. The standard InChI is InChI=1S/C76H123NO18/c1-3-5-7-9-11-13-14-15-16-17-18-19-20-21-22-23-24-25-26-27-28-29-30-31-32-33-34-35-36-37-38-39-40-41-42-43-44-46-48-50-52-54-64(82)77-59(60(81)53-51-49-47-45-12-10-8-6-4-2)58-90-74-70(88)67(85)72(62(56-79)92-74)95-76-71(89)68(86)73(63(57-80)93-76)94-75-69(87)66(84)65(83)61(55-78)91-75/h5,7,11,13,15-16,18-19,21-22,24-25,27-28,30-31,33-34,36-37,39-40,51,53,59-63,65-76,78-81,83-89H,3-4,6,8-10,12,14,17,20,23,26,29,32,35,38,41-50,52,54-58H2,1-2H3,(H,77,82)/b7-5-,13-11-,16-15-,19-18-,22-21-,25-24-,28-27-,31-30-,34-33-,37-36-,40-39-,53-51+. The molecule has 3 heterocycles. The minimum Gasteiger partial charge on any atom is -0.394 e. The van der Waals surface area contributed by atoms with Gasteiger partial charge in [0.05, 0.1) is 38.6 Å². The van der Waals surface area contributed by atoms with Crippen molar-refractivity contribution >= 4 is 5.91 Å². The highest BCUT2D eigenvalue weighted by Gasteiger charge is 2.53. The number of carbonyl (C=O) groups is 1. The highest BCUT2D eigenvalue weighted by atomic mass is 16.8. The fraction of sp³-hybridized carbons (Fsp3) is 0.671. The third kappa shape index (κ3) is 36.9. The van der Waals surface area contributed by atoms with E-state index in [0.717, 1.165) is 141 Å². The van der Waals surface area contributed by atoms with Crippen LogP contribution >= 0.6 is 0 Å². The van der Waals surface area contributed by atoms with Gasteiger partial charge >= 0.3 is 0 Å². The number of ether oxygens (including phenoxy) is 6. The summed E-state index contributed by atoms with van der Waals surface area (Å²) in [6, 6.07) is -0.987. The number of amides is 1. The predicted molar refractivity (Wildman–Crippen MR) is 373 cm³/mol. The third-order valence-corrected chi connectivity index (χ3v) is 16.6. The van der Waals surface area contributed by atoms with Crippen molar-refractivity contribution < 1.29 is 89.4 Å². The van der Waals surface area contributed by atoms with E-state index in [1.54, 1.807) is 6.08 Å². The van der Waals surface area contributed by atoms with E-state index in [1.165, 1.54) is 25.7 Å². The molecule has 95 heavy (non-hydrogen) atoms. The first-order valence-corrected chi connectivity index (χ1v) is 35.6. The lowest BCUT2D eigenvalue weighted by Crippen LogP contribution is -2.66. The first-order valence-electron chi connectivity index (χ1n) is 35.6. The lowest BCUT2D eigenvalue weighted by atomic mass is 9.96. The highest BCUT2D eigenvalue weighted by Crippen LogP contribution is 2.33. The second kappa shape index (κ2) is 55.5. The van der Waals surface area contributed by atoms with Crippen molar-refractivity contribution in [1.82, 2.24) is 5.32 Å².